The maximum atomic E-state index is 12.0. The first-order valence-corrected chi connectivity index (χ1v) is 6.87. The normalized spacial score (nSPS) is 10.4. The van der Waals surface area contributed by atoms with Crippen molar-refractivity contribution in [3.63, 3.8) is 0 Å². The molecule has 1 aromatic carbocycles. The van der Waals surface area contributed by atoms with Crippen molar-refractivity contribution in [1.82, 2.24) is 20.6 Å². The minimum atomic E-state index is -0.927. The predicted octanol–water partition coefficient (Wildman–Crippen LogP) is 0.795. The van der Waals surface area contributed by atoms with E-state index in [-0.39, 0.29) is 18.3 Å². The van der Waals surface area contributed by atoms with Gasteiger partial charge >= 0.3 is 0 Å². The molecule has 0 aliphatic carbocycles. The maximum Gasteiger partial charge on any atom is 0.290 e. The molecule has 23 heavy (non-hydrogen) atoms. The molecule has 0 unspecified atom stereocenters. The zero-order chi connectivity index (χ0) is 17.5. The summed E-state index contributed by atoms with van der Waals surface area (Å²) in [7, 11) is 0. The van der Waals surface area contributed by atoms with E-state index in [0.717, 1.165) is 16.6 Å². The Bertz CT molecular complexity index is 694. The van der Waals surface area contributed by atoms with Gasteiger partial charge in [-0.2, -0.15) is 0 Å². The highest BCUT2D eigenvalue weighted by molar-refractivity contribution is 5.90. The van der Waals surface area contributed by atoms with Gasteiger partial charge in [0.1, 0.15) is 5.54 Å². The first kappa shape index (κ1) is 18.1. The minimum Gasteiger partial charge on any atom is -0.483 e. The number of aromatic amines is 1. The average Bonchev–Trinajstić information content (AvgIpc) is 2.91. The molecular formula is C15H20N4O4. The van der Waals surface area contributed by atoms with Crippen LogP contribution in [0.25, 0.3) is 11.0 Å². The molecule has 8 heteroatoms. The van der Waals surface area contributed by atoms with E-state index in [2.05, 4.69) is 20.6 Å². The van der Waals surface area contributed by atoms with Gasteiger partial charge in [0.15, 0.2) is 0 Å². The van der Waals surface area contributed by atoms with E-state index in [9.17, 15) is 9.59 Å². The highest BCUT2D eigenvalue weighted by atomic mass is 16.3. The van der Waals surface area contributed by atoms with Gasteiger partial charge in [-0.3, -0.25) is 14.4 Å². The molecule has 0 bridgehead atoms. The van der Waals surface area contributed by atoms with E-state index >= 15 is 0 Å². The summed E-state index contributed by atoms with van der Waals surface area (Å²) in [6, 6.07) is 5.75. The summed E-state index contributed by atoms with van der Waals surface area (Å²) < 4.78 is 0. The van der Waals surface area contributed by atoms with Gasteiger partial charge in [-0.05, 0) is 31.5 Å². The van der Waals surface area contributed by atoms with Crippen LogP contribution >= 0.6 is 0 Å². The van der Waals surface area contributed by atoms with Crippen LogP contribution in [-0.4, -0.2) is 38.9 Å². The molecule has 1 aromatic heterocycles. The lowest BCUT2D eigenvalue weighted by Gasteiger charge is -2.24. The van der Waals surface area contributed by atoms with Crippen LogP contribution in [0.15, 0.2) is 24.5 Å². The number of benzene rings is 1. The molecule has 0 aliphatic heterocycles. The van der Waals surface area contributed by atoms with Crippen molar-refractivity contribution in [3.8, 4) is 0 Å². The number of hydrogen-bond acceptors (Lipinski definition) is 4. The third-order valence-electron chi connectivity index (χ3n) is 2.99. The van der Waals surface area contributed by atoms with E-state index in [1.165, 1.54) is 6.92 Å². The van der Waals surface area contributed by atoms with Crippen molar-refractivity contribution >= 4 is 29.3 Å². The van der Waals surface area contributed by atoms with Gasteiger partial charge in [0.25, 0.3) is 6.47 Å². The van der Waals surface area contributed by atoms with Crippen molar-refractivity contribution in [3.05, 3.63) is 30.1 Å². The molecule has 2 aromatic rings. The minimum absolute atomic E-state index is 0.225. The van der Waals surface area contributed by atoms with Gasteiger partial charge < -0.3 is 20.7 Å². The third kappa shape index (κ3) is 5.42. The Hall–Kier alpha value is -2.90. The Kier molecular flexibility index (Phi) is 6.25. The van der Waals surface area contributed by atoms with E-state index in [0.29, 0.717) is 6.54 Å². The van der Waals surface area contributed by atoms with Gasteiger partial charge in [0, 0.05) is 13.5 Å². The van der Waals surface area contributed by atoms with E-state index in [4.69, 9.17) is 9.90 Å². The number of carboxylic acid groups (broad SMARTS) is 1. The summed E-state index contributed by atoms with van der Waals surface area (Å²) in [6.45, 7) is 4.88. The number of imidazole rings is 1. The van der Waals surface area contributed by atoms with Crippen molar-refractivity contribution in [2.75, 3.05) is 0 Å². The number of fused-ring (bicyclic) bond motifs is 1. The lowest BCUT2D eigenvalue weighted by atomic mass is 10.0. The molecule has 124 valence electrons. The van der Waals surface area contributed by atoms with Crippen LogP contribution in [0.5, 0.6) is 0 Å². The number of H-pyrrole nitrogens is 1. The first-order valence-electron chi connectivity index (χ1n) is 6.87. The monoisotopic (exact) mass is 320 g/mol. The van der Waals surface area contributed by atoms with Crippen LogP contribution in [0.3, 0.4) is 0 Å². The smallest absolute Gasteiger partial charge is 0.290 e. The molecule has 1 heterocycles. The molecule has 2 amide bonds. The van der Waals surface area contributed by atoms with Gasteiger partial charge in [-0.1, -0.05) is 6.07 Å². The summed E-state index contributed by atoms with van der Waals surface area (Å²) in [6.07, 6.45) is 1.63. The zero-order valence-corrected chi connectivity index (χ0v) is 13.2. The standard InChI is InChI=1S/C14H18N4O2.CH2O2/c1-9(19)18-14(2,3)13(20)15-7-10-4-5-11-12(6-10)17-8-16-11;2-1-3/h4-6,8H,7H2,1-3H3,(H,15,20)(H,16,17)(H,18,19);1H,(H,2,3). The summed E-state index contributed by atoms with van der Waals surface area (Å²) in [5.41, 5.74) is 1.86. The number of carbonyl (C=O) groups is 3. The van der Waals surface area contributed by atoms with E-state index < -0.39 is 5.54 Å². The predicted molar refractivity (Wildman–Crippen MR) is 84.5 cm³/mol. The SMILES string of the molecule is CC(=O)NC(C)(C)C(=O)NCc1ccc2nc[nH]c2c1.O=CO. The number of amides is 2. The van der Waals surface area contributed by atoms with Crippen LogP contribution in [0.4, 0.5) is 0 Å². The molecule has 8 nitrogen and oxygen atoms in total. The van der Waals surface area contributed by atoms with Crippen LogP contribution in [0.2, 0.25) is 0 Å². The molecule has 4 N–H and O–H groups in total. The Morgan fingerprint density at radius 2 is 2.04 bits per heavy atom. The highest BCUT2D eigenvalue weighted by Crippen LogP contribution is 2.11. The molecule has 2 rings (SSSR count). The second-order valence-electron chi connectivity index (χ2n) is 5.35. The summed E-state index contributed by atoms with van der Waals surface area (Å²) in [5.74, 6) is -0.457. The van der Waals surface area contributed by atoms with Crippen molar-refractivity contribution in [2.45, 2.75) is 32.9 Å². The Morgan fingerprint density at radius 1 is 1.39 bits per heavy atom. The first-order chi connectivity index (χ1) is 10.8. The van der Waals surface area contributed by atoms with Gasteiger partial charge in [-0.25, -0.2) is 4.98 Å². The van der Waals surface area contributed by atoms with Gasteiger partial charge in [0.2, 0.25) is 11.8 Å². The van der Waals surface area contributed by atoms with Crippen LogP contribution < -0.4 is 10.6 Å². The topological polar surface area (TPSA) is 124 Å². The van der Waals surface area contributed by atoms with E-state index in [1.807, 2.05) is 18.2 Å². The second-order valence-corrected chi connectivity index (χ2v) is 5.35. The molecule has 0 saturated heterocycles. The van der Waals surface area contributed by atoms with Crippen LogP contribution in [-0.2, 0) is 20.9 Å². The highest BCUT2D eigenvalue weighted by Gasteiger charge is 2.27. The van der Waals surface area contributed by atoms with Crippen molar-refractivity contribution in [2.24, 2.45) is 0 Å². The number of carbonyl (C=O) groups excluding carboxylic acids is 2. The lowest BCUT2D eigenvalue weighted by Crippen LogP contribution is -2.53. The number of nitrogens with one attached hydrogen (secondary N) is 3. The van der Waals surface area contributed by atoms with Gasteiger partial charge in [-0.15, -0.1) is 0 Å². The molecule has 0 radical (unpaired) electrons. The Morgan fingerprint density at radius 3 is 2.65 bits per heavy atom. The molecule has 0 atom stereocenters. The number of hydrogen-bond donors (Lipinski definition) is 4. The van der Waals surface area contributed by atoms with Crippen LogP contribution in [0, 0.1) is 0 Å². The number of nitrogens with zero attached hydrogens (tertiary/aromatic N) is 1. The lowest BCUT2D eigenvalue weighted by molar-refractivity contribution is -0.131. The van der Waals surface area contributed by atoms with Crippen LogP contribution in [0.1, 0.15) is 26.3 Å². The van der Waals surface area contributed by atoms with E-state index in [1.54, 1.807) is 20.2 Å². The molecule has 0 fully saturated rings. The molecular weight excluding hydrogens is 300 g/mol. The average molecular weight is 320 g/mol. The largest absolute Gasteiger partial charge is 0.483 e. The van der Waals surface area contributed by atoms with Crippen molar-refractivity contribution < 1.29 is 19.5 Å². The zero-order valence-electron chi connectivity index (χ0n) is 13.2. The quantitative estimate of drug-likeness (QED) is 0.620. The fourth-order valence-corrected chi connectivity index (χ4v) is 1.99. The number of rotatable bonds is 4. The van der Waals surface area contributed by atoms with Gasteiger partial charge in [0.05, 0.1) is 17.4 Å². The van der Waals surface area contributed by atoms with Crippen molar-refractivity contribution in [1.29, 1.82) is 0 Å². The fourth-order valence-electron chi connectivity index (χ4n) is 1.99. The molecule has 0 saturated carbocycles. The molecule has 0 spiro atoms. The summed E-state index contributed by atoms with van der Waals surface area (Å²) in [5, 5.41) is 12.3. The Labute approximate surface area is 133 Å². The fraction of sp³-hybridized carbons (Fsp3) is 0.333. The Balaban J connectivity index is 0.000000816. The third-order valence-corrected chi connectivity index (χ3v) is 2.99. The number of aromatic nitrogens is 2. The second kappa shape index (κ2) is 7.92. The summed E-state index contributed by atoms with van der Waals surface area (Å²) in [4.78, 5) is 38.6. The summed E-state index contributed by atoms with van der Waals surface area (Å²) >= 11 is 0. The molecule has 0 aliphatic rings. The maximum absolute atomic E-state index is 12.0.